The van der Waals surface area contributed by atoms with Gasteiger partial charge in [-0.1, -0.05) is 6.07 Å². The third kappa shape index (κ3) is 3.44. The third-order valence-corrected chi connectivity index (χ3v) is 5.08. The summed E-state index contributed by atoms with van der Waals surface area (Å²) in [6.45, 7) is 6.88. The fraction of sp³-hybridized carbons (Fsp3) is 0.706. The van der Waals surface area contributed by atoms with Crippen LogP contribution in [0.15, 0.2) is 24.5 Å². The molecule has 4 rings (SSSR count). The minimum absolute atomic E-state index is 0.399. The Morgan fingerprint density at radius 1 is 1.24 bits per heavy atom. The van der Waals surface area contributed by atoms with Gasteiger partial charge in [-0.05, 0) is 36.8 Å². The molecule has 1 aromatic heterocycles. The first-order valence-electron chi connectivity index (χ1n) is 8.34. The third-order valence-electron chi connectivity index (χ3n) is 5.08. The van der Waals surface area contributed by atoms with Crippen LogP contribution in [0.1, 0.15) is 24.8 Å². The average Bonchev–Trinajstić information content (AvgIpc) is 3.23. The standard InChI is InChI=1S/C17H25N3O/c1-2-15(9-18-5-1)13-21-17-8-16-11-19(10-14-3-4-14)6-7-20(16)12-17/h1-2,5,9,14,16-17H,3-4,6-8,10-13H2/t16-,17+/m1/s1. The van der Waals surface area contributed by atoms with E-state index in [1.165, 1.54) is 51.0 Å². The van der Waals surface area contributed by atoms with Crippen molar-refractivity contribution in [1.82, 2.24) is 14.8 Å². The van der Waals surface area contributed by atoms with Crippen molar-refractivity contribution in [3.63, 3.8) is 0 Å². The first kappa shape index (κ1) is 13.7. The number of pyridine rings is 1. The highest BCUT2D eigenvalue weighted by atomic mass is 16.5. The minimum Gasteiger partial charge on any atom is -0.372 e. The van der Waals surface area contributed by atoms with Crippen molar-refractivity contribution in [1.29, 1.82) is 0 Å². The maximum absolute atomic E-state index is 6.11. The number of aromatic nitrogens is 1. The largest absolute Gasteiger partial charge is 0.372 e. The Hall–Kier alpha value is -0.970. The Morgan fingerprint density at radius 2 is 2.19 bits per heavy atom. The van der Waals surface area contributed by atoms with Gasteiger partial charge in [0.15, 0.2) is 0 Å². The molecular formula is C17H25N3O. The molecule has 2 aliphatic heterocycles. The molecule has 0 bridgehead atoms. The van der Waals surface area contributed by atoms with Crippen molar-refractivity contribution in [2.24, 2.45) is 5.92 Å². The van der Waals surface area contributed by atoms with E-state index in [1.54, 1.807) is 0 Å². The number of piperazine rings is 1. The number of hydrogen-bond donors (Lipinski definition) is 0. The predicted molar refractivity (Wildman–Crippen MR) is 82.0 cm³/mol. The molecule has 1 aliphatic carbocycles. The van der Waals surface area contributed by atoms with E-state index in [2.05, 4.69) is 20.9 Å². The summed E-state index contributed by atoms with van der Waals surface area (Å²) in [4.78, 5) is 9.47. The topological polar surface area (TPSA) is 28.6 Å². The van der Waals surface area contributed by atoms with Crippen LogP contribution in [0.2, 0.25) is 0 Å². The Labute approximate surface area is 127 Å². The molecule has 4 heteroatoms. The summed E-state index contributed by atoms with van der Waals surface area (Å²) in [5.41, 5.74) is 1.18. The van der Waals surface area contributed by atoms with Crippen LogP contribution in [0, 0.1) is 5.92 Å². The van der Waals surface area contributed by atoms with E-state index in [4.69, 9.17) is 4.74 Å². The smallest absolute Gasteiger partial charge is 0.0736 e. The lowest BCUT2D eigenvalue weighted by molar-refractivity contribution is 0.0457. The van der Waals surface area contributed by atoms with E-state index in [-0.39, 0.29) is 0 Å². The molecule has 3 heterocycles. The van der Waals surface area contributed by atoms with Crippen LogP contribution in [0.3, 0.4) is 0 Å². The molecule has 0 spiro atoms. The molecule has 1 aromatic rings. The number of fused-ring (bicyclic) bond motifs is 1. The second-order valence-electron chi connectivity index (χ2n) is 6.88. The van der Waals surface area contributed by atoms with Gasteiger partial charge in [0.05, 0.1) is 12.7 Å². The lowest BCUT2D eigenvalue weighted by Crippen LogP contribution is -2.50. The van der Waals surface area contributed by atoms with Gasteiger partial charge < -0.3 is 9.64 Å². The predicted octanol–water partition coefficient (Wildman–Crippen LogP) is 1.77. The molecule has 4 nitrogen and oxygen atoms in total. The summed E-state index contributed by atoms with van der Waals surface area (Å²) >= 11 is 0. The van der Waals surface area contributed by atoms with E-state index in [1.807, 2.05) is 18.5 Å². The Kier molecular flexibility index (Phi) is 3.93. The first-order chi connectivity index (χ1) is 10.4. The van der Waals surface area contributed by atoms with Gasteiger partial charge in [0.1, 0.15) is 0 Å². The van der Waals surface area contributed by atoms with E-state index >= 15 is 0 Å². The number of ether oxygens (including phenoxy) is 1. The highest BCUT2D eigenvalue weighted by molar-refractivity contribution is 5.07. The molecule has 3 aliphatic rings. The van der Waals surface area contributed by atoms with Crippen LogP contribution < -0.4 is 0 Å². The van der Waals surface area contributed by atoms with Crippen LogP contribution in [-0.4, -0.2) is 59.7 Å². The van der Waals surface area contributed by atoms with E-state index in [0.717, 1.165) is 18.5 Å². The van der Waals surface area contributed by atoms with Crippen LogP contribution >= 0.6 is 0 Å². The Morgan fingerprint density at radius 3 is 3.00 bits per heavy atom. The zero-order valence-corrected chi connectivity index (χ0v) is 12.7. The molecule has 0 radical (unpaired) electrons. The minimum atomic E-state index is 0.399. The summed E-state index contributed by atoms with van der Waals surface area (Å²) in [6, 6.07) is 4.79. The molecule has 1 saturated carbocycles. The van der Waals surface area contributed by atoms with Crippen LogP contribution in [0.25, 0.3) is 0 Å². The molecule has 21 heavy (non-hydrogen) atoms. The molecule has 114 valence electrons. The summed E-state index contributed by atoms with van der Waals surface area (Å²) in [5, 5.41) is 0. The molecular weight excluding hydrogens is 262 g/mol. The second kappa shape index (κ2) is 6.03. The SMILES string of the molecule is c1cncc(CO[C@H]2C[C@@H]3CN(CC4CC4)CCN3C2)c1. The van der Waals surface area contributed by atoms with Crippen molar-refractivity contribution in [3.05, 3.63) is 30.1 Å². The van der Waals surface area contributed by atoms with E-state index < -0.39 is 0 Å². The zero-order valence-electron chi connectivity index (χ0n) is 12.7. The van der Waals surface area contributed by atoms with E-state index in [0.29, 0.717) is 12.7 Å². The van der Waals surface area contributed by atoms with Gasteiger partial charge in [-0.3, -0.25) is 9.88 Å². The van der Waals surface area contributed by atoms with Crippen LogP contribution in [0.5, 0.6) is 0 Å². The van der Waals surface area contributed by atoms with Crippen molar-refractivity contribution < 1.29 is 4.74 Å². The maximum Gasteiger partial charge on any atom is 0.0736 e. The zero-order chi connectivity index (χ0) is 14.1. The monoisotopic (exact) mass is 287 g/mol. The van der Waals surface area contributed by atoms with Gasteiger partial charge in [-0.25, -0.2) is 0 Å². The van der Waals surface area contributed by atoms with Crippen molar-refractivity contribution in [3.8, 4) is 0 Å². The Balaban J connectivity index is 1.26. The van der Waals surface area contributed by atoms with Crippen molar-refractivity contribution >= 4 is 0 Å². The quantitative estimate of drug-likeness (QED) is 0.825. The van der Waals surface area contributed by atoms with Crippen molar-refractivity contribution in [2.75, 3.05) is 32.7 Å². The van der Waals surface area contributed by atoms with Gasteiger partial charge in [-0.2, -0.15) is 0 Å². The van der Waals surface area contributed by atoms with Gasteiger partial charge in [0.2, 0.25) is 0 Å². The molecule has 0 amide bonds. The molecule has 0 unspecified atom stereocenters. The fourth-order valence-corrected chi connectivity index (χ4v) is 3.71. The molecule has 2 saturated heterocycles. The van der Waals surface area contributed by atoms with Crippen molar-refractivity contribution in [2.45, 2.75) is 38.0 Å². The first-order valence-corrected chi connectivity index (χ1v) is 8.34. The van der Waals surface area contributed by atoms with Gasteiger partial charge in [-0.15, -0.1) is 0 Å². The fourth-order valence-electron chi connectivity index (χ4n) is 3.71. The van der Waals surface area contributed by atoms with Crippen LogP contribution in [0.4, 0.5) is 0 Å². The summed E-state index contributed by atoms with van der Waals surface area (Å²) in [6.07, 6.45) is 8.23. The highest BCUT2D eigenvalue weighted by Crippen LogP contribution is 2.31. The van der Waals surface area contributed by atoms with Gasteiger partial charge >= 0.3 is 0 Å². The maximum atomic E-state index is 6.11. The van der Waals surface area contributed by atoms with Gasteiger partial charge in [0, 0.05) is 51.2 Å². The average molecular weight is 287 g/mol. The Bertz CT molecular complexity index is 462. The second-order valence-corrected chi connectivity index (χ2v) is 6.88. The van der Waals surface area contributed by atoms with E-state index in [9.17, 15) is 0 Å². The normalized spacial score (nSPS) is 30.5. The summed E-state index contributed by atoms with van der Waals surface area (Å²) in [5.74, 6) is 1.01. The summed E-state index contributed by atoms with van der Waals surface area (Å²) < 4.78 is 6.11. The lowest BCUT2D eigenvalue weighted by Gasteiger charge is -2.37. The lowest BCUT2D eigenvalue weighted by atomic mass is 10.1. The molecule has 0 aromatic carbocycles. The number of rotatable bonds is 5. The molecule has 2 atom stereocenters. The number of nitrogens with zero attached hydrogens (tertiary/aromatic N) is 3. The molecule has 0 N–H and O–H groups in total. The number of hydrogen-bond acceptors (Lipinski definition) is 4. The highest BCUT2D eigenvalue weighted by Gasteiger charge is 2.37. The summed E-state index contributed by atoms with van der Waals surface area (Å²) in [7, 11) is 0. The van der Waals surface area contributed by atoms with Gasteiger partial charge in [0.25, 0.3) is 0 Å². The molecule has 3 fully saturated rings. The van der Waals surface area contributed by atoms with Crippen LogP contribution in [-0.2, 0) is 11.3 Å².